The summed E-state index contributed by atoms with van der Waals surface area (Å²) in [5, 5.41) is 13.6. The lowest BCUT2D eigenvalue weighted by Crippen LogP contribution is -2.41. The molecular weight excluding hydrogens is 458 g/mol. The molecule has 0 aromatic heterocycles. The fraction of sp³-hybridized carbons (Fsp3) is 0.308. The van der Waals surface area contributed by atoms with Crippen molar-refractivity contribution in [1.82, 2.24) is 5.32 Å². The van der Waals surface area contributed by atoms with Gasteiger partial charge in [-0.2, -0.15) is 0 Å². The first kappa shape index (κ1) is 23.7. The van der Waals surface area contributed by atoms with Gasteiger partial charge in [-0.3, -0.25) is 4.79 Å². The molecule has 2 aliphatic rings. The van der Waals surface area contributed by atoms with Gasteiger partial charge in [0.15, 0.2) is 11.5 Å². The number of Topliss-reactive ketones (excluding diaryl/α,β-unsaturated/α-hetero) is 1. The monoisotopic (exact) mass is 483 g/mol. The van der Waals surface area contributed by atoms with Crippen LogP contribution in [-0.4, -0.2) is 38.2 Å². The number of esters is 1. The molecule has 0 saturated heterocycles. The lowest BCUT2D eigenvalue weighted by Gasteiger charge is -2.39. The second kappa shape index (κ2) is 9.43. The van der Waals surface area contributed by atoms with Crippen LogP contribution >= 0.6 is 11.6 Å². The summed E-state index contributed by atoms with van der Waals surface area (Å²) in [5.41, 5.74) is 3.21. The van der Waals surface area contributed by atoms with E-state index in [4.69, 9.17) is 25.8 Å². The summed E-state index contributed by atoms with van der Waals surface area (Å²) in [6.07, 6.45) is 2.31. The molecule has 34 heavy (non-hydrogen) atoms. The van der Waals surface area contributed by atoms with E-state index in [1.807, 2.05) is 30.3 Å². The Kier molecular flexibility index (Phi) is 6.57. The van der Waals surface area contributed by atoms with Crippen LogP contribution in [0.3, 0.4) is 0 Å². The zero-order valence-electron chi connectivity index (χ0n) is 19.3. The predicted molar refractivity (Wildman–Crippen MR) is 127 cm³/mol. The van der Waals surface area contributed by atoms with E-state index >= 15 is 0 Å². The predicted octanol–water partition coefficient (Wildman–Crippen LogP) is 4.45. The molecule has 1 heterocycles. The number of hydrogen-bond donors (Lipinski definition) is 2. The first-order valence-electron chi connectivity index (χ1n) is 10.8. The molecule has 1 aliphatic heterocycles. The molecule has 3 unspecified atom stereocenters. The summed E-state index contributed by atoms with van der Waals surface area (Å²) >= 11 is 6.27. The number of fused-ring (bicyclic) bond motifs is 1. The quantitative estimate of drug-likeness (QED) is 0.606. The van der Waals surface area contributed by atoms with Crippen molar-refractivity contribution in [2.45, 2.75) is 25.2 Å². The Morgan fingerprint density at radius 2 is 1.76 bits per heavy atom. The maximum absolute atomic E-state index is 13.6. The number of halogens is 1. The molecule has 2 aromatic carbocycles. The first-order valence-corrected chi connectivity index (χ1v) is 11.2. The number of rotatable bonds is 5. The number of carbonyl (C=O) groups is 2. The number of ketones is 1. The summed E-state index contributed by atoms with van der Waals surface area (Å²) in [4.78, 5) is 26.4. The average Bonchev–Trinajstić information content (AvgIpc) is 2.84. The molecule has 0 saturated carbocycles. The molecule has 0 radical (unpaired) electrons. The summed E-state index contributed by atoms with van der Waals surface area (Å²) < 4.78 is 15.6. The van der Waals surface area contributed by atoms with Crippen molar-refractivity contribution in [2.75, 3.05) is 21.3 Å². The lowest BCUT2D eigenvalue weighted by molar-refractivity contribution is -0.136. The number of ether oxygens (including phenoxy) is 3. The third kappa shape index (κ3) is 4.12. The van der Waals surface area contributed by atoms with Crippen LogP contribution in [0.15, 0.2) is 59.4 Å². The first-order chi connectivity index (χ1) is 16.3. The number of aromatic hydroxyl groups is 1. The highest BCUT2D eigenvalue weighted by Crippen LogP contribution is 2.48. The highest BCUT2D eigenvalue weighted by Gasteiger charge is 2.45. The van der Waals surface area contributed by atoms with E-state index in [1.54, 1.807) is 26.2 Å². The van der Waals surface area contributed by atoms with Gasteiger partial charge in [-0.1, -0.05) is 29.8 Å². The zero-order valence-corrected chi connectivity index (χ0v) is 20.1. The van der Waals surface area contributed by atoms with E-state index in [2.05, 4.69) is 5.32 Å². The van der Waals surface area contributed by atoms with Gasteiger partial charge in [0.25, 0.3) is 0 Å². The second-order valence-electron chi connectivity index (χ2n) is 8.34. The van der Waals surface area contributed by atoms with Gasteiger partial charge in [0.05, 0.1) is 37.8 Å². The molecule has 0 fully saturated rings. The van der Waals surface area contributed by atoms with Crippen LogP contribution in [0, 0.1) is 5.92 Å². The van der Waals surface area contributed by atoms with Crippen LogP contribution in [0.4, 0.5) is 0 Å². The molecule has 0 spiro atoms. The number of allylic oxidation sites excluding steroid dienone is 3. The molecule has 178 valence electrons. The van der Waals surface area contributed by atoms with E-state index in [1.165, 1.54) is 14.2 Å². The molecule has 1 aliphatic carbocycles. The molecule has 2 N–H and O–H groups in total. The van der Waals surface area contributed by atoms with E-state index in [9.17, 15) is 14.7 Å². The van der Waals surface area contributed by atoms with E-state index in [-0.39, 0.29) is 34.6 Å². The third-order valence-electron chi connectivity index (χ3n) is 6.44. The molecule has 0 bridgehead atoms. The minimum atomic E-state index is -0.656. The summed E-state index contributed by atoms with van der Waals surface area (Å²) in [6, 6.07) is 10.8. The Balaban J connectivity index is 1.85. The van der Waals surface area contributed by atoms with Crippen molar-refractivity contribution < 1.29 is 28.9 Å². The van der Waals surface area contributed by atoms with Gasteiger partial charge in [0.2, 0.25) is 0 Å². The van der Waals surface area contributed by atoms with E-state index in [0.717, 1.165) is 17.0 Å². The SMILES string of the molecule is COC(=O)C1=C(C)NC2=CC(c3ccc(OC)cc3)CC(=O)C2C1c1cc(Cl)c(O)c(OC)c1. The molecule has 4 rings (SSSR count). The van der Waals surface area contributed by atoms with Crippen molar-refractivity contribution in [3.05, 3.63) is 75.6 Å². The number of methoxy groups -OCH3 is 3. The zero-order chi connectivity index (χ0) is 24.6. The Morgan fingerprint density at radius 3 is 2.38 bits per heavy atom. The minimum Gasteiger partial charge on any atom is -0.503 e. The smallest absolute Gasteiger partial charge is 0.336 e. The van der Waals surface area contributed by atoms with Crippen LogP contribution < -0.4 is 14.8 Å². The van der Waals surface area contributed by atoms with Crippen LogP contribution in [-0.2, 0) is 14.3 Å². The number of nitrogens with one attached hydrogen (secondary N) is 1. The van der Waals surface area contributed by atoms with Gasteiger partial charge in [0.1, 0.15) is 11.5 Å². The lowest BCUT2D eigenvalue weighted by atomic mass is 9.68. The van der Waals surface area contributed by atoms with Gasteiger partial charge in [-0.05, 0) is 42.3 Å². The van der Waals surface area contributed by atoms with Crippen molar-refractivity contribution in [3.63, 3.8) is 0 Å². The fourth-order valence-electron chi connectivity index (χ4n) is 4.81. The number of benzene rings is 2. The van der Waals surface area contributed by atoms with Gasteiger partial charge in [0, 0.05) is 29.7 Å². The third-order valence-corrected chi connectivity index (χ3v) is 6.73. The summed E-state index contributed by atoms with van der Waals surface area (Å²) in [6.45, 7) is 1.77. The van der Waals surface area contributed by atoms with E-state index in [0.29, 0.717) is 16.8 Å². The standard InChI is InChI=1S/C26H26ClNO6/c1-13-22(26(31)34-4)23(16-9-18(27)25(30)21(12-16)33-3)24-19(28-13)10-15(11-20(24)29)14-5-7-17(32-2)8-6-14/h5-10,12,15,23-24,28,30H,11H2,1-4H3. The molecular formula is C26H26ClNO6. The largest absolute Gasteiger partial charge is 0.503 e. The van der Waals surface area contributed by atoms with Crippen molar-refractivity contribution in [2.24, 2.45) is 5.92 Å². The van der Waals surface area contributed by atoms with Crippen molar-refractivity contribution in [3.8, 4) is 17.2 Å². The summed E-state index contributed by atoms with van der Waals surface area (Å²) in [7, 11) is 4.32. The second-order valence-corrected chi connectivity index (χ2v) is 8.74. The van der Waals surface area contributed by atoms with Crippen molar-refractivity contribution >= 4 is 23.4 Å². The van der Waals surface area contributed by atoms with Gasteiger partial charge in [-0.25, -0.2) is 4.79 Å². The number of carbonyl (C=O) groups excluding carboxylic acids is 2. The van der Waals surface area contributed by atoms with Crippen LogP contribution in [0.1, 0.15) is 36.3 Å². The topological polar surface area (TPSA) is 94.1 Å². The Hall–Kier alpha value is -3.45. The molecule has 2 aromatic rings. The van der Waals surface area contributed by atoms with Gasteiger partial charge in [-0.15, -0.1) is 0 Å². The van der Waals surface area contributed by atoms with Gasteiger partial charge < -0.3 is 24.6 Å². The van der Waals surface area contributed by atoms with Crippen LogP contribution in [0.5, 0.6) is 17.2 Å². The molecule has 8 heteroatoms. The van der Waals surface area contributed by atoms with Gasteiger partial charge >= 0.3 is 5.97 Å². The Morgan fingerprint density at radius 1 is 1.06 bits per heavy atom. The highest BCUT2D eigenvalue weighted by molar-refractivity contribution is 6.32. The number of phenols is 1. The van der Waals surface area contributed by atoms with E-state index < -0.39 is 17.8 Å². The Labute approximate surface area is 203 Å². The number of hydrogen-bond acceptors (Lipinski definition) is 7. The maximum Gasteiger partial charge on any atom is 0.336 e. The van der Waals surface area contributed by atoms with Crippen LogP contribution in [0.25, 0.3) is 0 Å². The average molecular weight is 484 g/mol. The summed E-state index contributed by atoms with van der Waals surface area (Å²) in [5.74, 6) is -1.28. The maximum atomic E-state index is 13.6. The highest BCUT2D eigenvalue weighted by atomic mass is 35.5. The minimum absolute atomic E-state index is 0.0205. The van der Waals surface area contributed by atoms with Crippen molar-refractivity contribution in [1.29, 1.82) is 0 Å². The fourth-order valence-corrected chi connectivity index (χ4v) is 5.03. The van der Waals surface area contributed by atoms with Crippen LogP contribution in [0.2, 0.25) is 5.02 Å². The molecule has 7 nitrogen and oxygen atoms in total. The Bertz CT molecular complexity index is 1200. The molecule has 3 atom stereocenters. The normalized spacial score (nSPS) is 21.9. The molecule has 0 amide bonds. The number of phenolic OH excluding ortho intramolecular Hbond substituents is 1.